The number of carbonyl (C=O) groups excluding carboxylic acids is 1. The van der Waals surface area contributed by atoms with E-state index < -0.39 is 5.60 Å². The number of likely N-dealkylation sites (tertiary alicyclic amines) is 1. The summed E-state index contributed by atoms with van der Waals surface area (Å²) in [6, 6.07) is 11.8. The SMILES string of the molecule is COc1ccccc1[C@H]1[C@@H]2CCCC[C@]2(O)CC[NH+]1CC(=O)NCc1ccco1. The molecule has 156 valence electrons. The Morgan fingerprint density at radius 1 is 1.28 bits per heavy atom. The Balaban J connectivity index is 1.56. The summed E-state index contributed by atoms with van der Waals surface area (Å²) in [5.41, 5.74) is 0.451. The van der Waals surface area contributed by atoms with Gasteiger partial charge in [0.25, 0.3) is 5.91 Å². The number of piperidine rings is 1. The largest absolute Gasteiger partial charge is 0.496 e. The van der Waals surface area contributed by atoms with E-state index >= 15 is 0 Å². The van der Waals surface area contributed by atoms with Crippen LogP contribution < -0.4 is 15.0 Å². The minimum Gasteiger partial charge on any atom is -0.496 e. The van der Waals surface area contributed by atoms with E-state index in [9.17, 15) is 9.90 Å². The molecule has 1 saturated heterocycles. The van der Waals surface area contributed by atoms with Gasteiger partial charge in [-0.05, 0) is 37.1 Å². The van der Waals surface area contributed by atoms with Crippen LogP contribution in [0.15, 0.2) is 47.1 Å². The Morgan fingerprint density at radius 2 is 2.14 bits per heavy atom. The maximum absolute atomic E-state index is 12.7. The lowest BCUT2D eigenvalue weighted by molar-refractivity contribution is -0.937. The topological polar surface area (TPSA) is 76.1 Å². The number of amides is 1. The molecule has 0 bridgehead atoms. The number of quaternary nitrogens is 1. The van der Waals surface area contributed by atoms with Crippen molar-refractivity contribution in [3.8, 4) is 5.75 Å². The van der Waals surface area contributed by atoms with Crippen molar-refractivity contribution in [1.29, 1.82) is 0 Å². The molecule has 29 heavy (non-hydrogen) atoms. The fourth-order valence-corrected chi connectivity index (χ4v) is 5.28. The molecular weight excluding hydrogens is 368 g/mol. The number of para-hydroxylation sites is 1. The fourth-order valence-electron chi connectivity index (χ4n) is 5.28. The van der Waals surface area contributed by atoms with Gasteiger partial charge in [0.2, 0.25) is 0 Å². The summed E-state index contributed by atoms with van der Waals surface area (Å²) in [7, 11) is 1.68. The van der Waals surface area contributed by atoms with Crippen LogP contribution in [0.4, 0.5) is 0 Å². The first kappa shape index (κ1) is 20.0. The standard InChI is InChI=1S/C23H30N2O4/c1-28-20-10-3-2-8-18(20)22-19-9-4-5-11-23(19,27)12-13-25(22)16-21(26)24-15-17-7-6-14-29-17/h2-3,6-8,10,14,19,22,27H,4-5,9,11-13,15-16H2,1H3,(H,24,26)/p+1/t19-,22-,23-/m0/s1. The predicted octanol–water partition coefficient (Wildman–Crippen LogP) is 1.86. The van der Waals surface area contributed by atoms with Crippen LogP contribution in [-0.4, -0.2) is 36.8 Å². The third kappa shape index (κ3) is 4.19. The average Bonchev–Trinajstić information content (AvgIpc) is 3.26. The van der Waals surface area contributed by atoms with Gasteiger partial charge in [-0.25, -0.2) is 0 Å². The molecule has 1 aromatic carbocycles. The molecule has 1 saturated carbocycles. The molecule has 2 aliphatic rings. The van der Waals surface area contributed by atoms with Crippen LogP contribution in [0.3, 0.4) is 0 Å². The van der Waals surface area contributed by atoms with Gasteiger partial charge in [-0.15, -0.1) is 0 Å². The van der Waals surface area contributed by atoms with Gasteiger partial charge in [-0.1, -0.05) is 25.0 Å². The lowest BCUT2D eigenvalue weighted by atomic mass is 9.66. The first-order chi connectivity index (χ1) is 14.1. The van der Waals surface area contributed by atoms with E-state index in [2.05, 4.69) is 11.4 Å². The Kier molecular flexibility index (Phi) is 5.92. The van der Waals surface area contributed by atoms with Crippen LogP contribution in [0.1, 0.15) is 49.5 Å². The Hall–Kier alpha value is -2.31. The Bertz CT molecular complexity index is 822. The van der Waals surface area contributed by atoms with Crippen molar-refractivity contribution in [1.82, 2.24) is 5.32 Å². The number of carbonyl (C=O) groups is 1. The highest BCUT2D eigenvalue weighted by Crippen LogP contribution is 2.45. The summed E-state index contributed by atoms with van der Waals surface area (Å²) in [5, 5.41) is 14.4. The molecule has 1 aromatic heterocycles. The van der Waals surface area contributed by atoms with E-state index in [0.717, 1.165) is 55.7 Å². The third-order valence-electron chi connectivity index (χ3n) is 6.69. The van der Waals surface area contributed by atoms with E-state index in [-0.39, 0.29) is 17.9 Å². The molecule has 6 nitrogen and oxygen atoms in total. The molecule has 4 rings (SSSR count). The molecule has 3 N–H and O–H groups in total. The van der Waals surface area contributed by atoms with E-state index in [1.807, 2.05) is 30.3 Å². The van der Waals surface area contributed by atoms with Crippen molar-refractivity contribution in [2.45, 2.75) is 50.3 Å². The van der Waals surface area contributed by atoms with Gasteiger partial charge in [-0.2, -0.15) is 0 Å². The van der Waals surface area contributed by atoms with Gasteiger partial charge in [0, 0.05) is 12.3 Å². The number of hydrogen-bond acceptors (Lipinski definition) is 4. The van der Waals surface area contributed by atoms with Crippen LogP contribution in [0, 0.1) is 5.92 Å². The second-order valence-electron chi connectivity index (χ2n) is 8.37. The van der Waals surface area contributed by atoms with Crippen molar-refractivity contribution in [2.24, 2.45) is 5.92 Å². The van der Waals surface area contributed by atoms with Gasteiger partial charge < -0.3 is 24.5 Å². The fraction of sp³-hybridized carbons (Fsp3) is 0.522. The minimum atomic E-state index is -0.641. The second-order valence-corrected chi connectivity index (χ2v) is 8.37. The number of benzene rings is 1. The normalized spacial score (nSPS) is 29.1. The maximum Gasteiger partial charge on any atom is 0.275 e. The summed E-state index contributed by atoms with van der Waals surface area (Å²) in [4.78, 5) is 13.9. The van der Waals surface area contributed by atoms with Crippen LogP contribution >= 0.6 is 0 Å². The molecule has 6 heteroatoms. The smallest absolute Gasteiger partial charge is 0.275 e. The summed E-state index contributed by atoms with van der Waals surface area (Å²) in [5.74, 6) is 1.71. The van der Waals surface area contributed by atoms with Gasteiger partial charge in [-0.3, -0.25) is 4.79 Å². The van der Waals surface area contributed by atoms with Gasteiger partial charge in [0.1, 0.15) is 17.6 Å². The third-order valence-corrected chi connectivity index (χ3v) is 6.69. The summed E-state index contributed by atoms with van der Waals surface area (Å²) in [6.07, 6.45) is 6.38. The number of fused-ring (bicyclic) bond motifs is 1. The number of rotatable bonds is 6. The highest BCUT2D eigenvalue weighted by Gasteiger charge is 2.52. The zero-order valence-corrected chi connectivity index (χ0v) is 17.0. The maximum atomic E-state index is 12.7. The van der Waals surface area contributed by atoms with Crippen LogP contribution in [-0.2, 0) is 11.3 Å². The highest BCUT2D eigenvalue weighted by atomic mass is 16.5. The number of nitrogens with one attached hydrogen (secondary N) is 2. The van der Waals surface area contributed by atoms with Crippen molar-refractivity contribution in [2.75, 3.05) is 20.2 Å². The zero-order chi connectivity index (χ0) is 20.3. The molecule has 2 fully saturated rings. The summed E-state index contributed by atoms with van der Waals surface area (Å²) >= 11 is 0. The predicted molar refractivity (Wildman–Crippen MR) is 109 cm³/mol. The molecule has 4 atom stereocenters. The number of ether oxygens (including phenoxy) is 1. The monoisotopic (exact) mass is 399 g/mol. The molecule has 2 aromatic rings. The number of furan rings is 1. The van der Waals surface area contributed by atoms with Crippen molar-refractivity contribution in [3.05, 3.63) is 54.0 Å². The van der Waals surface area contributed by atoms with Crippen molar-refractivity contribution >= 4 is 5.91 Å². The molecular formula is C23H31N2O4+. The zero-order valence-electron chi connectivity index (χ0n) is 17.0. The molecule has 1 aliphatic heterocycles. The number of aliphatic hydroxyl groups is 1. The number of hydrogen-bond donors (Lipinski definition) is 3. The van der Waals surface area contributed by atoms with E-state index in [1.54, 1.807) is 13.4 Å². The highest BCUT2D eigenvalue weighted by molar-refractivity contribution is 5.76. The molecule has 1 amide bonds. The van der Waals surface area contributed by atoms with Crippen molar-refractivity contribution < 1.29 is 24.0 Å². The van der Waals surface area contributed by atoms with Gasteiger partial charge >= 0.3 is 0 Å². The molecule has 1 unspecified atom stereocenters. The average molecular weight is 400 g/mol. The van der Waals surface area contributed by atoms with E-state index in [1.165, 1.54) is 4.90 Å². The lowest BCUT2D eigenvalue weighted by Gasteiger charge is -2.50. The minimum absolute atomic E-state index is 0.00227. The van der Waals surface area contributed by atoms with E-state index in [4.69, 9.17) is 9.15 Å². The van der Waals surface area contributed by atoms with E-state index in [0.29, 0.717) is 13.1 Å². The second kappa shape index (κ2) is 8.59. The lowest BCUT2D eigenvalue weighted by Crippen LogP contribution is -3.16. The first-order valence-electron chi connectivity index (χ1n) is 10.6. The first-order valence-corrected chi connectivity index (χ1v) is 10.6. The molecule has 2 heterocycles. The van der Waals surface area contributed by atoms with Crippen LogP contribution in [0.5, 0.6) is 5.75 Å². The molecule has 1 aliphatic carbocycles. The van der Waals surface area contributed by atoms with Gasteiger partial charge in [0.15, 0.2) is 6.54 Å². The number of methoxy groups -OCH3 is 1. The molecule has 0 spiro atoms. The van der Waals surface area contributed by atoms with Crippen LogP contribution in [0.2, 0.25) is 0 Å². The summed E-state index contributed by atoms with van der Waals surface area (Å²) < 4.78 is 11.0. The van der Waals surface area contributed by atoms with Crippen molar-refractivity contribution in [3.63, 3.8) is 0 Å². The van der Waals surface area contributed by atoms with Gasteiger partial charge in [0.05, 0.1) is 37.6 Å². The quantitative estimate of drug-likeness (QED) is 0.693. The molecule has 0 radical (unpaired) electrons. The van der Waals surface area contributed by atoms with Crippen LogP contribution in [0.25, 0.3) is 0 Å². The summed E-state index contributed by atoms with van der Waals surface area (Å²) in [6.45, 7) is 1.53. The Labute approximate surface area is 171 Å². The Morgan fingerprint density at radius 3 is 2.93 bits per heavy atom.